The van der Waals surface area contributed by atoms with Crippen LogP contribution in [0.25, 0.3) is 11.1 Å². The van der Waals surface area contributed by atoms with Crippen molar-refractivity contribution in [2.45, 2.75) is 39.2 Å². The number of nitrogens with zero attached hydrogens (tertiary/aromatic N) is 1. The van der Waals surface area contributed by atoms with Crippen molar-refractivity contribution in [3.05, 3.63) is 23.8 Å². The van der Waals surface area contributed by atoms with E-state index >= 15 is 0 Å². The molecule has 1 atom stereocenters. The first kappa shape index (κ1) is 13.4. The normalized spacial score (nSPS) is 12.5. The number of unbranched alkanes of at least 4 members (excludes halogenated alkanes) is 1. The van der Waals surface area contributed by atoms with Crippen LogP contribution in [0.1, 0.15) is 43.5 Å². The summed E-state index contributed by atoms with van der Waals surface area (Å²) in [5.74, 6) is -0.968. The number of hydrogen-bond acceptors (Lipinski definition) is 4. The second kappa shape index (κ2) is 5.73. The Morgan fingerprint density at radius 3 is 3.00 bits per heavy atom. The molecule has 0 aliphatic rings. The zero-order chi connectivity index (χ0) is 13.8. The number of benzene rings is 1. The lowest BCUT2D eigenvalue weighted by Crippen LogP contribution is -2.14. The summed E-state index contributed by atoms with van der Waals surface area (Å²) in [5.41, 5.74) is 1.36. The van der Waals surface area contributed by atoms with Crippen molar-refractivity contribution in [1.29, 1.82) is 0 Å². The van der Waals surface area contributed by atoms with Crippen LogP contribution < -0.4 is 5.32 Å². The van der Waals surface area contributed by atoms with Crippen molar-refractivity contribution in [3.63, 3.8) is 0 Å². The summed E-state index contributed by atoms with van der Waals surface area (Å²) >= 11 is 0. The van der Waals surface area contributed by atoms with Crippen LogP contribution >= 0.6 is 0 Å². The highest BCUT2D eigenvalue weighted by Crippen LogP contribution is 2.21. The molecule has 0 aliphatic heterocycles. The quantitative estimate of drug-likeness (QED) is 0.833. The highest BCUT2D eigenvalue weighted by atomic mass is 16.4. The number of aromatic carboxylic acids is 1. The highest BCUT2D eigenvalue weighted by Gasteiger charge is 2.11. The molecule has 1 heterocycles. The van der Waals surface area contributed by atoms with Gasteiger partial charge < -0.3 is 14.8 Å². The largest absolute Gasteiger partial charge is 0.478 e. The Morgan fingerprint density at radius 2 is 2.32 bits per heavy atom. The molecule has 2 N–H and O–H groups in total. The van der Waals surface area contributed by atoms with Gasteiger partial charge >= 0.3 is 5.97 Å². The van der Waals surface area contributed by atoms with Gasteiger partial charge in [-0.3, -0.25) is 0 Å². The Hall–Kier alpha value is -2.04. The molecule has 0 saturated heterocycles. The van der Waals surface area contributed by atoms with Crippen molar-refractivity contribution >= 4 is 23.1 Å². The molecular formula is C14H18N2O3. The molecule has 0 amide bonds. The standard InChI is InChI=1S/C14H18N2O3/c1-3-4-5-9(2)15-14-16-11-7-6-10(13(17)18)8-12(11)19-14/h6-9H,3-5H2,1-2H3,(H,15,16)(H,17,18). The number of carbonyl (C=O) groups is 1. The number of aromatic nitrogens is 1. The second-order valence-electron chi connectivity index (χ2n) is 4.69. The summed E-state index contributed by atoms with van der Waals surface area (Å²) in [5, 5.41) is 12.1. The molecule has 1 aromatic heterocycles. The van der Waals surface area contributed by atoms with E-state index in [0.29, 0.717) is 17.1 Å². The minimum atomic E-state index is -0.968. The molecule has 0 fully saturated rings. The number of anilines is 1. The topological polar surface area (TPSA) is 75.4 Å². The maximum Gasteiger partial charge on any atom is 0.335 e. The number of carboxylic acids is 1. The van der Waals surface area contributed by atoms with Gasteiger partial charge in [-0.15, -0.1) is 0 Å². The molecule has 0 saturated carbocycles. The minimum Gasteiger partial charge on any atom is -0.478 e. The molecule has 0 aliphatic carbocycles. The zero-order valence-electron chi connectivity index (χ0n) is 11.1. The van der Waals surface area contributed by atoms with Crippen LogP contribution in [-0.2, 0) is 0 Å². The predicted octanol–water partition coefficient (Wildman–Crippen LogP) is 3.52. The van der Waals surface area contributed by atoms with Gasteiger partial charge in [0.2, 0.25) is 0 Å². The third kappa shape index (κ3) is 3.24. The molecular weight excluding hydrogens is 244 g/mol. The van der Waals surface area contributed by atoms with Gasteiger partial charge in [0.1, 0.15) is 5.52 Å². The van der Waals surface area contributed by atoms with Crippen LogP contribution in [0.2, 0.25) is 0 Å². The molecule has 2 rings (SSSR count). The predicted molar refractivity (Wildman–Crippen MR) is 73.6 cm³/mol. The summed E-state index contributed by atoms with van der Waals surface area (Å²) in [6, 6.07) is 5.40. The molecule has 0 radical (unpaired) electrons. The van der Waals surface area contributed by atoms with Crippen LogP contribution in [0.15, 0.2) is 22.6 Å². The number of hydrogen-bond donors (Lipinski definition) is 2. The summed E-state index contributed by atoms with van der Waals surface area (Å²) in [4.78, 5) is 15.2. The molecule has 2 aromatic rings. The molecule has 0 bridgehead atoms. The Morgan fingerprint density at radius 1 is 1.53 bits per heavy atom. The highest BCUT2D eigenvalue weighted by molar-refractivity contribution is 5.92. The van der Waals surface area contributed by atoms with E-state index in [2.05, 4.69) is 24.1 Å². The van der Waals surface area contributed by atoms with Crippen molar-refractivity contribution < 1.29 is 14.3 Å². The molecule has 1 unspecified atom stereocenters. The van der Waals surface area contributed by atoms with Crippen molar-refractivity contribution in [1.82, 2.24) is 4.98 Å². The Kier molecular flexibility index (Phi) is 4.04. The fourth-order valence-corrected chi connectivity index (χ4v) is 1.91. The van der Waals surface area contributed by atoms with Crippen LogP contribution in [0.3, 0.4) is 0 Å². The Balaban J connectivity index is 2.15. The van der Waals surface area contributed by atoms with Crippen LogP contribution in [0.4, 0.5) is 6.01 Å². The number of oxazole rings is 1. The zero-order valence-corrected chi connectivity index (χ0v) is 11.1. The lowest BCUT2D eigenvalue weighted by molar-refractivity contribution is 0.0697. The van der Waals surface area contributed by atoms with Gasteiger partial charge in [0.15, 0.2) is 5.58 Å². The summed E-state index contributed by atoms with van der Waals surface area (Å²) in [6.45, 7) is 4.23. The van der Waals surface area contributed by atoms with Crippen molar-refractivity contribution in [3.8, 4) is 0 Å². The molecule has 5 nitrogen and oxygen atoms in total. The first-order valence-corrected chi connectivity index (χ1v) is 6.50. The minimum absolute atomic E-state index is 0.203. The molecule has 19 heavy (non-hydrogen) atoms. The smallest absolute Gasteiger partial charge is 0.335 e. The average molecular weight is 262 g/mol. The van der Waals surface area contributed by atoms with E-state index in [1.807, 2.05) is 0 Å². The van der Waals surface area contributed by atoms with E-state index in [-0.39, 0.29) is 11.6 Å². The number of carboxylic acid groups (broad SMARTS) is 1. The molecule has 1 aromatic carbocycles. The lowest BCUT2D eigenvalue weighted by Gasteiger charge is -2.10. The van der Waals surface area contributed by atoms with E-state index in [9.17, 15) is 4.79 Å². The number of fused-ring (bicyclic) bond motifs is 1. The van der Waals surface area contributed by atoms with E-state index in [1.165, 1.54) is 12.1 Å². The van der Waals surface area contributed by atoms with Gasteiger partial charge in [0, 0.05) is 6.04 Å². The summed E-state index contributed by atoms with van der Waals surface area (Å²) in [6.07, 6.45) is 3.36. The lowest BCUT2D eigenvalue weighted by atomic mass is 10.1. The third-order valence-electron chi connectivity index (χ3n) is 3.00. The SMILES string of the molecule is CCCCC(C)Nc1nc2ccc(C(=O)O)cc2o1. The molecule has 5 heteroatoms. The van der Waals surface area contributed by atoms with E-state index in [1.54, 1.807) is 6.07 Å². The van der Waals surface area contributed by atoms with Gasteiger partial charge in [0.25, 0.3) is 6.01 Å². The number of rotatable bonds is 6. The molecule has 0 spiro atoms. The molecule has 102 valence electrons. The Labute approximate surface area is 111 Å². The van der Waals surface area contributed by atoms with Crippen molar-refractivity contribution in [2.75, 3.05) is 5.32 Å². The van der Waals surface area contributed by atoms with Crippen LogP contribution in [0.5, 0.6) is 0 Å². The van der Waals surface area contributed by atoms with Crippen molar-refractivity contribution in [2.24, 2.45) is 0 Å². The van der Waals surface area contributed by atoms with E-state index in [4.69, 9.17) is 9.52 Å². The van der Waals surface area contributed by atoms with Gasteiger partial charge in [-0.2, -0.15) is 4.98 Å². The van der Waals surface area contributed by atoms with Crippen LogP contribution in [0, 0.1) is 0 Å². The van der Waals surface area contributed by atoms with Crippen LogP contribution in [-0.4, -0.2) is 22.1 Å². The Bertz CT molecular complexity index is 577. The van der Waals surface area contributed by atoms with E-state index < -0.39 is 5.97 Å². The average Bonchev–Trinajstić information content (AvgIpc) is 2.77. The van der Waals surface area contributed by atoms with Gasteiger partial charge in [-0.05, 0) is 31.5 Å². The summed E-state index contributed by atoms with van der Waals surface area (Å²) < 4.78 is 5.52. The first-order valence-electron chi connectivity index (χ1n) is 6.50. The van der Waals surface area contributed by atoms with E-state index in [0.717, 1.165) is 19.3 Å². The maximum absolute atomic E-state index is 10.9. The first-order chi connectivity index (χ1) is 9.10. The number of nitrogens with one attached hydrogen (secondary N) is 1. The van der Waals surface area contributed by atoms with Gasteiger partial charge in [-0.1, -0.05) is 19.8 Å². The van der Waals surface area contributed by atoms with Gasteiger partial charge in [-0.25, -0.2) is 4.79 Å². The third-order valence-corrected chi connectivity index (χ3v) is 3.00. The maximum atomic E-state index is 10.9. The monoisotopic (exact) mass is 262 g/mol. The fourth-order valence-electron chi connectivity index (χ4n) is 1.91. The summed E-state index contributed by atoms with van der Waals surface area (Å²) in [7, 11) is 0. The van der Waals surface area contributed by atoms with Gasteiger partial charge in [0.05, 0.1) is 5.56 Å². The fraction of sp³-hybridized carbons (Fsp3) is 0.429. The second-order valence-corrected chi connectivity index (χ2v) is 4.69.